The molecule has 5 nitrogen and oxygen atoms in total. The van der Waals surface area contributed by atoms with Crippen molar-refractivity contribution in [2.45, 2.75) is 0 Å². The van der Waals surface area contributed by atoms with E-state index in [9.17, 15) is 9.59 Å². The number of hydrogen-bond donors (Lipinski definition) is 3. The number of nitrogens with one attached hydrogen (secondary N) is 1. The monoisotopic (exact) mass is 119 g/mol. The van der Waals surface area contributed by atoms with Crippen LogP contribution in [0.15, 0.2) is 0 Å². The fraction of sp³-hybridized carbons (Fsp3) is 0.333. The molecule has 0 radical (unpaired) electrons. The summed E-state index contributed by atoms with van der Waals surface area (Å²) in [6.07, 6.45) is -1.33. The van der Waals surface area contributed by atoms with Crippen LogP contribution in [0.3, 0.4) is 0 Å². The lowest BCUT2D eigenvalue weighted by Gasteiger charge is -1.90. The summed E-state index contributed by atoms with van der Waals surface area (Å²) in [5.74, 6) is -1.19. The summed E-state index contributed by atoms with van der Waals surface area (Å²) in [7, 11) is 0. The zero-order valence-corrected chi connectivity index (χ0v) is 3.92. The Kier molecular flexibility index (Phi) is 2.39. The molecule has 0 heterocycles. The Balaban J connectivity index is 3.18. The van der Waals surface area contributed by atoms with Crippen LogP contribution in [0.4, 0.5) is 4.79 Å². The Bertz CT molecular complexity index is 95.9. The second-order valence-corrected chi connectivity index (χ2v) is 1.05. The molecular weight excluding hydrogens is 114 g/mol. The van der Waals surface area contributed by atoms with Crippen LogP contribution in [0.5, 0.6) is 0 Å². The van der Waals surface area contributed by atoms with Crippen LogP contribution in [0.1, 0.15) is 0 Å². The molecule has 8 heavy (non-hydrogen) atoms. The van der Waals surface area contributed by atoms with Crippen molar-refractivity contribution in [3.8, 4) is 0 Å². The van der Waals surface area contributed by atoms with E-state index in [1.165, 1.54) is 0 Å². The molecule has 0 aromatic carbocycles. The fourth-order valence-corrected chi connectivity index (χ4v) is 0.151. The zero-order chi connectivity index (χ0) is 6.57. The van der Waals surface area contributed by atoms with Crippen molar-refractivity contribution < 1.29 is 19.8 Å². The Morgan fingerprint density at radius 3 is 2.00 bits per heavy atom. The van der Waals surface area contributed by atoms with Gasteiger partial charge in [0.2, 0.25) is 0 Å². The lowest BCUT2D eigenvalue weighted by Crippen LogP contribution is -2.27. The van der Waals surface area contributed by atoms with Crippen molar-refractivity contribution in [1.29, 1.82) is 0 Å². The lowest BCUT2D eigenvalue weighted by atomic mass is 10.7. The normalized spacial score (nSPS) is 8.00. The van der Waals surface area contributed by atoms with Gasteiger partial charge in [-0.25, -0.2) is 4.79 Å². The summed E-state index contributed by atoms with van der Waals surface area (Å²) in [6, 6.07) is 0. The van der Waals surface area contributed by atoms with Gasteiger partial charge in [0.15, 0.2) is 0 Å². The fourth-order valence-electron chi connectivity index (χ4n) is 0.151. The van der Waals surface area contributed by atoms with E-state index >= 15 is 0 Å². The van der Waals surface area contributed by atoms with E-state index in [0.717, 1.165) is 0 Å². The van der Waals surface area contributed by atoms with E-state index in [1.54, 1.807) is 5.32 Å². The van der Waals surface area contributed by atoms with E-state index in [4.69, 9.17) is 10.2 Å². The first-order valence-corrected chi connectivity index (χ1v) is 1.81. The lowest BCUT2D eigenvalue weighted by molar-refractivity contribution is -0.135. The smallest absolute Gasteiger partial charge is 0.405 e. The third kappa shape index (κ3) is 4.74. The minimum Gasteiger partial charge on any atom is -0.480 e. The molecule has 0 aliphatic heterocycles. The van der Waals surface area contributed by atoms with Crippen LogP contribution < -0.4 is 5.32 Å². The number of carboxylic acid groups (broad SMARTS) is 2. The molecule has 5 heteroatoms. The molecule has 0 saturated heterocycles. The number of aliphatic carboxylic acids is 1. The maximum absolute atomic E-state index is 9.58. The summed E-state index contributed by atoms with van der Waals surface area (Å²) in [5, 5.41) is 17.3. The van der Waals surface area contributed by atoms with Crippen LogP contribution in [-0.2, 0) is 4.79 Å². The van der Waals surface area contributed by atoms with Gasteiger partial charge in [-0.05, 0) is 0 Å². The summed E-state index contributed by atoms with van der Waals surface area (Å²) in [5.41, 5.74) is 0. The molecule has 0 aromatic rings. The van der Waals surface area contributed by atoms with Gasteiger partial charge in [0.1, 0.15) is 6.54 Å². The maximum atomic E-state index is 9.58. The predicted molar refractivity (Wildman–Crippen MR) is 23.7 cm³/mol. The highest BCUT2D eigenvalue weighted by Crippen LogP contribution is 1.60. The van der Waals surface area contributed by atoms with E-state index in [-0.39, 0.29) is 0 Å². The van der Waals surface area contributed by atoms with Gasteiger partial charge in [-0.3, -0.25) is 4.79 Å². The molecule has 0 aromatic heterocycles. The molecular formula is C3H5NO4. The Hall–Kier alpha value is -1.26. The van der Waals surface area contributed by atoms with E-state index in [1.807, 2.05) is 0 Å². The average molecular weight is 119 g/mol. The highest BCUT2D eigenvalue weighted by Gasteiger charge is 1.97. The summed E-state index contributed by atoms with van der Waals surface area (Å²) in [6.45, 7) is -0.546. The first-order valence-electron chi connectivity index (χ1n) is 1.81. The number of carboxylic acids is 1. The summed E-state index contributed by atoms with van der Waals surface area (Å²) < 4.78 is 0. The minimum atomic E-state index is -1.33. The SMILES string of the molecule is O=C(O)CNC(=O)O. The van der Waals surface area contributed by atoms with Gasteiger partial charge in [0.05, 0.1) is 0 Å². The summed E-state index contributed by atoms with van der Waals surface area (Å²) in [4.78, 5) is 19.1. The van der Waals surface area contributed by atoms with E-state index in [2.05, 4.69) is 0 Å². The molecule has 1 amide bonds. The van der Waals surface area contributed by atoms with Crippen LogP contribution >= 0.6 is 0 Å². The number of amides is 1. The van der Waals surface area contributed by atoms with Crippen molar-refractivity contribution >= 4 is 12.1 Å². The van der Waals surface area contributed by atoms with Crippen LogP contribution in [0.25, 0.3) is 0 Å². The van der Waals surface area contributed by atoms with Gasteiger partial charge < -0.3 is 15.5 Å². The molecule has 0 saturated carbocycles. The number of carbonyl (C=O) groups is 2. The summed E-state index contributed by atoms with van der Waals surface area (Å²) >= 11 is 0. The first-order chi connectivity index (χ1) is 3.63. The highest BCUT2D eigenvalue weighted by atomic mass is 16.4. The Labute approximate surface area is 44.9 Å². The van der Waals surface area contributed by atoms with E-state index in [0.29, 0.717) is 0 Å². The van der Waals surface area contributed by atoms with Gasteiger partial charge in [-0.1, -0.05) is 0 Å². The molecule has 0 unspecified atom stereocenters. The van der Waals surface area contributed by atoms with Gasteiger partial charge in [0.25, 0.3) is 0 Å². The van der Waals surface area contributed by atoms with Crippen molar-refractivity contribution in [2.24, 2.45) is 0 Å². The van der Waals surface area contributed by atoms with Gasteiger partial charge in [0, 0.05) is 0 Å². The Morgan fingerprint density at radius 1 is 1.38 bits per heavy atom. The number of rotatable bonds is 2. The second-order valence-electron chi connectivity index (χ2n) is 1.05. The van der Waals surface area contributed by atoms with Crippen molar-refractivity contribution in [2.75, 3.05) is 6.54 Å². The molecule has 3 N–H and O–H groups in total. The Morgan fingerprint density at radius 2 is 1.88 bits per heavy atom. The van der Waals surface area contributed by atoms with Crippen LogP contribution in [0, 0.1) is 0 Å². The zero-order valence-electron chi connectivity index (χ0n) is 3.92. The maximum Gasteiger partial charge on any atom is 0.405 e. The third-order valence-corrected chi connectivity index (χ3v) is 0.391. The van der Waals surface area contributed by atoms with Gasteiger partial charge in [-0.2, -0.15) is 0 Å². The van der Waals surface area contributed by atoms with Crippen molar-refractivity contribution in [3.05, 3.63) is 0 Å². The van der Waals surface area contributed by atoms with Gasteiger partial charge >= 0.3 is 12.1 Å². The molecule has 0 aliphatic carbocycles. The van der Waals surface area contributed by atoms with Gasteiger partial charge in [-0.15, -0.1) is 0 Å². The van der Waals surface area contributed by atoms with Crippen molar-refractivity contribution in [1.82, 2.24) is 5.32 Å². The molecule has 0 aliphatic rings. The predicted octanol–water partition coefficient (Wildman–Crippen LogP) is -0.661. The standard InChI is InChI=1S/C3H5NO4/c5-2(6)1-4-3(7)8/h4H,1H2,(H,5,6)(H,7,8). The highest BCUT2D eigenvalue weighted by molar-refractivity contribution is 5.75. The van der Waals surface area contributed by atoms with E-state index < -0.39 is 18.6 Å². The van der Waals surface area contributed by atoms with Crippen LogP contribution in [-0.4, -0.2) is 28.8 Å². The largest absolute Gasteiger partial charge is 0.480 e. The second kappa shape index (κ2) is 2.84. The first kappa shape index (κ1) is 6.74. The average Bonchev–Trinajstić information content (AvgIpc) is 1.61. The molecule has 0 spiro atoms. The molecule has 0 bridgehead atoms. The molecule has 0 atom stereocenters. The molecule has 46 valence electrons. The number of hydrogen-bond acceptors (Lipinski definition) is 2. The quantitative estimate of drug-likeness (QED) is 0.450. The topological polar surface area (TPSA) is 86.6 Å². The molecule has 0 fully saturated rings. The third-order valence-electron chi connectivity index (χ3n) is 0.391. The minimum absolute atomic E-state index is 0.546. The molecule has 0 rings (SSSR count). The van der Waals surface area contributed by atoms with Crippen LogP contribution in [0.2, 0.25) is 0 Å². The van der Waals surface area contributed by atoms with Crippen molar-refractivity contribution in [3.63, 3.8) is 0 Å².